The molecule has 7 heteroatoms. The summed E-state index contributed by atoms with van der Waals surface area (Å²) in [6.45, 7) is 0. The lowest BCUT2D eigenvalue weighted by Crippen LogP contribution is -2.09. The number of halogens is 3. The van der Waals surface area contributed by atoms with E-state index in [0.717, 1.165) is 7.11 Å². The largest absolute Gasteiger partial charge is 0.479 e. The topological polar surface area (TPSA) is 59.4 Å². The zero-order valence-electron chi connectivity index (χ0n) is 7.50. The second-order valence-electron chi connectivity index (χ2n) is 2.52. The predicted molar refractivity (Wildman–Crippen MR) is 42.7 cm³/mol. The van der Waals surface area contributed by atoms with Crippen LogP contribution in [-0.4, -0.2) is 23.2 Å². The molecule has 0 amide bonds. The Morgan fingerprint density at radius 1 is 1.60 bits per heavy atom. The van der Waals surface area contributed by atoms with Crippen molar-refractivity contribution < 1.29 is 27.8 Å². The van der Waals surface area contributed by atoms with Crippen molar-refractivity contribution in [2.24, 2.45) is 0 Å². The summed E-state index contributed by atoms with van der Waals surface area (Å²) in [5.41, 5.74) is -1.89. The Balaban J connectivity index is 3.39. The van der Waals surface area contributed by atoms with E-state index in [1.54, 1.807) is 0 Å². The third-order valence-electron chi connectivity index (χ3n) is 1.60. The van der Waals surface area contributed by atoms with Crippen LogP contribution in [0.15, 0.2) is 6.07 Å². The lowest BCUT2D eigenvalue weighted by atomic mass is 10.2. The molecule has 15 heavy (non-hydrogen) atoms. The van der Waals surface area contributed by atoms with Gasteiger partial charge in [-0.05, 0) is 6.07 Å². The summed E-state index contributed by atoms with van der Waals surface area (Å²) >= 11 is 0. The van der Waals surface area contributed by atoms with Crippen molar-refractivity contribution in [3.8, 4) is 5.88 Å². The van der Waals surface area contributed by atoms with E-state index < -0.39 is 35.3 Å². The third-order valence-corrected chi connectivity index (χ3v) is 1.60. The Labute approximate surface area is 82.3 Å². The highest BCUT2D eigenvalue weighted by Gasteiger charge is 2.23. The Morgan fingerprint density at radius 2 is 2.20 bits per heavy atom. The number of ether oxygens (including phenoxy) is 1. The maximum Gasteiger partial charge on any atom is 0.355 e. The van der Waals surface area contributed by atoms with Crippen LogP contribution in [0.4, 0.5) is 13.2 Å². The molecule has 0 radical (unpaired) electrons. The maximum atomic E-state index is 12.9. The fourth-order valence-corrected chi connectivity index (χ4v) is 0.967. The van der Waals surface area contributed by atoms with Gasteiger partial charge in [0.2, 0.25) is 0 Å². The second kappa shape index (κ2) is 4.16. The number of rotatable bonds is 3. The Morgan fingerprint density at radius 3 is 2.60 bits per heavy atom. The molecular weight excluding hydrogens is 215 g/mol. The van der Waals surface area contributed by atoms with Crippen LogP contribution in [0.2, 0.25) is 0 Å². The van der Waals surface area contributed by atoms with Crippen LogP contribution in [0.3, 0.4) is 0 Å². The summed E-state index contributed by atoms with van der Waals surface area (Å²) in [6, 6.07) is 0.403. The molecule has 0 aliphatic heterocycles. The summed E-state index contributed by atoms with van der Waals surface area (Å²) in [5.74, 6) is -3.42. The first-order valence-corrected chi connectivity index (χ1v) is 3.73. The van der Waals surface area contributed by atoms with E-state index in [2.05, 4.69) is 9.72 Å². The molecule has 0 aromatic carbocycles. The van der Waals surface area contributed by atoms with Crippen molar-refractivity contribution in [3.63, 3.8) is 0 Å². The number of hydrogen-bond acceptors (Lipinski definition) is 3. The molecule has 0 bridgehead atoms. The number of carboxylic acids is 1. The zero-order chi connectivity index (χ0) is 11.6. The number of methoxy groups -OCH3 is 1. The van der Waals surface area contributed by atoms with Crippen LogP contribution >= 0.6 is 0 Å². The van der Waals surface area contributed by atoms with E-state index in [4.69, 9.17) is 5.11 Å². The first kappa shape index (κ1) is 11.3. The molecule has 0 fully saturated rings. The number of nitrogens with zero attached hydrogens (tertiary/aromatic N) is 1. The van der Waals surface area contributed by atoms with Crippen molar-refractivity contribution >= 4 is 5.97 Å². The van der Waals surface area contributed by atoms with Gasteiger partial charge in [-0.3, -0.25) is 0 Å². The number of carboxylic acid groups (broad SMARTS) is 1. The average molecular weight is 221 g/mol. The summed E-state index contributed by atoms with van der Waals surface area (Å²) in [6.07, 6.45) is -3.11. The zero-order valence-corrected chi connectivity index (χ0v) is 7.50. The molecule has 0 aliphatic carbocycles. The van der Waals surface area contributed by atoms with E-state index in [9.17, 15) is 18.0 Å². The molecule has 1 N–H and O–H groups in total. The van der Waals surface area contributed by atoms with Gasteiger partial charge in [-0.15, -0.1) is 0 Å². The minimum atomic E-state index is -3.11. The van der Waals surface area contributed by atoms with Gasteiger partial charge in [0.1, 0.15) is 0 Å². The highest BCUT2D eigenvalue weighted by atomic mass is 19.3. The molecule has 0 aliphatic rings. The molecule has 1 heterocycles. The molecule has 1 aromatic rings. The first-order valence-electron chi connectivity index (χ1n) is 3.73. The van der Waals surface area contributed by atoms with Crippen molar-refractivity contribution in [2.75, 3.05) is 7.11 Å². The number of aromatic carboxylic acids is 1. The first-order chi connectivity index (χ1) is 6.97. The van der Waals surface area contributed by atoms with Gasteiger partial charge in [-0.1, -0.05) is 0 Å². The Bertz CT molecular complexity index is 395. The fourth-order valence-electron chi connectivity index (χ4n) is 0.967. The van der Waals surface area contributed by atoms with Gasteiger partial charge in [0.05, 0.1) is 12.7 Å². The molecule has 82 valence electrons. The van der Waals surface area contributed by atoms with Gasteiger partial charge in [0.15, 0.2) is 11.5 Å². The van der Waals surface area contributed by atoms with Crippen molar-refractivity contribution in [2.45, 2.75) is 6.43 Å². The smallest absolute Gasteiger partial charge is 0.355 e. The SMILES string of the molecule is COc1nc(C(=O)O)c(C(F)F)cc1F. The summed E-state index contributed by atoms with van der Waals surface area (Å²) in [5, 5.41) is 8.55. The van der Waals surface area contributed by atoms with Gasteiger partial charge < -0.3 is 9.84 Å². The normalized spacial score (nSPS) is 10.5. The molecule has 0 unspecified atom stereocenters. The van der Waals surface area contributed by atoms with Gasteiger partial charge >= 0.3 is 5.97 Å². The third kappa shape index (κ3) is 2.17. The molecule has 0 saturated carbocycles. The van der Waals surface area contributed by atoms with Gasteiger partial charge in [-0.25, -0.2) is 22.9 Å². The standard InChI is InChI=1S/C8H6F3NO3/c1-15-7-4(9)2-3(6(10)11)5(12-7)8(13)14/h2,6H,1H3,(H,13,14). The number of carbonyl (C=O) groups is 1. The van der Waals surface area contributed by atoms with E-state index in [1.165, 1.54) is 0 Å². The van der Waals surface area contributed by atoms with Gasteiger partial charge in [0, 0.05) is 0 Å². The molecular formula is C8H6F3NO3. The van der Waals surface area contributed by atoms with Crippen LogP contribution in [0.1, 0.15) is 22.5 Å². The number of pyridine rings is 1. The quantitative estimate of drug-likeness (QED) is 0.846. The second-order valence-corrected chi connectivity index (χ2v) is 2.52. The summed E-state index contributed by atoms with van der Waals surface area (Å²) in [7, 11) is 1.05. The lowest BCUT2D eigenvalue weighted by molar-refractivity contribution is 0.0675. The van der Waals surface area contributed by atoms with E-state index in [1.807, 2.05) is 0 Å². The predicted octanol–water partition coefficient (Wildman–Crippen LogP) is 1.87. The number of hydrogen-bond donors (Lipinski definition) is 1. The summed E-state index contributed by atoms with van der Waals surface area (Å²) < 4.78 is 41.9. The van der Waals surface area contributed by atoms with Crippen LogP contribution in [0.5, 0.6) is 5.88 Å². The van der Waals surface area contributed by atoms with E-state index in [-0.39, 0.29) is 0 Å². The highest BCUT2D eigenvalue weighted by Crippen LogP contribution is 2.26. The Kier molecular flexibility index (Phi) is 3.13. The fraction of sp³-hybridized carbons (Fsp3) is 0.250. The lowest BCUT2D eigenvalue weighted by Gasteiger charge is -2.07. The van der Waals surface area contributed by atoms with Crippen LogP contribution in [0, 0.1) is 5.82 Å². The molecule has 0 spiro atoms. The molecule has 1 aromatic heterocycles. The Hall–Kier alpha value is -1.79. The van der Waals surface area contributed by atoms with Crippen LogP contribution in [0.25, 0.3) is 0 Å². The molecule has 0 saturated heterocycles. The molecule has 1 rings (SSSR count). The van der Waals surface area contributed by atoms with Crippen molar-refractivity contribution in [3.05, 3.63) is 23.1 Å². The van der Waals surface area contributed by atoms with Gasteiger partial charge in [0.25, 0.3) is 12.3 Å². The van der Waals surface area contributed by atoms with Crippen LogP contribution < -0.4 is 4.74 Å². The van der Waals surface area contributed by atoms with Crippen molar-refractivity contribution in [1.29, 1.82) is 0 Å². The minimum absolute atomic E-state index is 0.403. The monoisotopic (exact) mass is 221 g/mol. The van der Waals surface area contributed by atoms with Gasteiger partial charge in [-0.2, -0.15) is 0 Å². The molecule has 4 nitrogen and oxygen atoms in total. The average Bonchev–Trinajstić information content (AvgIpc) is 2.16. The number of aromatic nitrogens is 1. The highest BCUT2D eigenvalue weighted by molar-refractivity contribution is 5.87. The maximum absolute atomic E-state index is 12.9. The van der Waals surface area contributed by atoms with E-state index >= 15 is 0 Å². The number of alkyl halides is 2. The van der Waals surface area contributed by atoms with E-state index in [0.29, 0.717) is 6.07 Å². The van der Waals surface area contributed by atoms with Crippen molar-refractivity contribution in [1.82, 2.24) is 4.98 Å². The molecule has 0 atom stereocenters. The van der Waals surface area contributed by atoms with Crippen LogP contribution in [-0.2, 0) is 0 Å². The summed E-state index contributed by atoms with van der Waals surface area (Å²) in [4.78, 5) is 13.7. The minimum Gasteiger partial charge on any atom is -0.479 e.